The topological polar surface area (TPSA) is 189 Å². The zero-order valence-electron chi connectivity index (χ0n) is 31.7. The van der Waals surface area contributed by atoms with E-state index in [1.165, 1.54) is 33.3 Å². The van der Waals surface area contributed by atoms with Gasteiger partial charge < -0.3 is 44.5 Å². The van der Waals surface area contributed by atoms with Crippen molar-refractivity contribution in [3.63, 3.8) is 0 Å². The third kappa shape index (κ3) is 5.59. The highest BCUT2D eigenvalue weighted by Crippen LogP contribution is 2.87. The van der Waals surface area contributed by atoms with Crippen molar-refractivity contribution < 1.29 is 58.9 Å². The molecule has 4 saturated carbocycles. The number of hydrogen-bond donors (Lipinski definition) is 5. The van der Waals surface area contributed by atoms with Gasteiger partial charge >= 0.3 is 11.9 Å². The number of carbonyl (C=O) groups excluding carboxylic acids is 3. The average molecular weight is 721 g/mol. The first-order valence-electron chi connectivity index (χ1n) is 18.8. The van der Waals surface area contributed by atoms with Crippen molar-refractivity contribution >= 4 is 17.7 Å². The molecule has 5 fully saturated rings. The summed E-state index contributed by atoms with van der Waals surface area (Å²) in [5.74, 6) is -2.16. The Balaban J connectivity index is 1.28. The lowest BCUT2D eigenvalue weighted by Crippen LogP contribution is -2.58. The number of aliphatic hydroxyl groups excluding tert-OH is 4. The first kappa shape index (κ1) is 38.8. The summed E-state index contributed by atoms with van der Waals surface area (Å²) >= 11 is 0. The second-order valence-electron chi connectivity index (χ2n) is 18.5. The SMILES string of the molecule is CC(=O)O[C@H](C[C@@H](C)[C@H]1C(=O)[C@H](O)[C@@]2(C)C3=CCC4C(C)(C)[C@@H](O[C@@H]5OC[C@@H](O)[C@H](O)[C@H]5O)CC[C@@]45C[C@@]35CC[C@]12C)[C@H](OC(C)=O)C(C)(C)O. The number of esters is 2. The molecule has 288 valence electrons. The first-order valence-corrected chi connectivity index (χ1v) is 18.8. The van der Waals surface area contributed by atoms with Gasteiger partial charge in [-0.05, 0) is 92.3 Å². The minimum absolute atomic E-state index is 0.0244. The summed E-state index contributed by atoms with van der Waals surface area (Å²) in [5, 5.41) is 53.8. The van der Waals surface area contributed by atoms with Gasteiger partial charge in [0.15, 0.2) is 18.2 Å². The maximum Gasteiger partial charge on any atom is 0.303 e. The third-order valence-corrected chi connectivity index (χ3v) is 15.0. The fourth-order valence-corrected chi connectivity index (χ4v) is 12.4. The average Bonchev–Trinajstić information content (AvgIpc) is 3.66. The van der Waals surface area contributed by atoms with Crippen LogP contribution < -0.4 is 0 Å². The zero-order valence-corrected chi connectivity index (χ0v) is 31.7. The van der Waals surface area contributed by atoms with Crippen LogP contribution in [0.2, 0.25) is 0 Å². The molecule has 0 aromatic rings. The Kier molecular flexibility index (Phi) is 9.55. The summed E-state index contributed by atoms with van der Waals surface area (Å²) in [7, 11) is 0. The Bertz CT molecular complexity index is 1450. The monoisotopic (exact) mass is 720 g/mol. The van der Waals surface area contributed by atoms with Gasteiger partial charge in [0.2, 0.25) is 0 Å². The van der Waals surface area contributed by atoms with Crippen molar-refractivity contribution in [2.75, 3.05) is 6.61 Å². The molecule has 1 heterocycles. The van der Waals surface area contributed by atoms with Crippen LogP contribution in [0.1, 0.15) is 107 Å². The Morgan fingerprint density at radius 3 is 2.25 bits per heavy atom. The first-order chi connectivity index (χ1) is 23.5. The highest BCUT2D eigenvalue weighted by atomic mass is 16.7. The van der Waals surface area contributed by atoms with E-state index in [0.717, 1.165) is 32.1 Å². The predicted molar refractivity (Wildman–Crippen MR) is 182 cm³/mol. The van der Waals surface area contributed by atoms with Gasteiger partial charge in [-0.1, -0.05) is 46.3 Å². The Hall–Kier alpha value is -1.93. The maximum absolute atomic E-state index is 14.3. The van der Waals surface area contributed by atoms with Gasteiger partial charge in [0.25, 0.3) is 0 Å². The van der Waals surface area contributed by atoms with Gasteiger partial charge in [0.1, 0.15) is 30.5 Å². The van der Waals surface area contributed by atoms with Crippen LogP contribution in [0.5, 0.6) is 0 Å². The molecule has 12 nitrogen and oxygen atoms in total. The van der Waals surface area contributed by atoms with Crippen LogP contribution >= 0.6 is 0 Å². The number of ketones is 1. The van der Waals surface area contributed by atoms with Crippen molar-refractivity contribution in [1.82, 2.24) is 0 Å². The fourth-order valence-electron chi connectivity index (χ4n) is 12.4. The largest absolute Gasteiger partial charge is 0.458 e. The van der Waals surface area contributed by atoms with Crippen LogP contribution in [0.15, 0.2) is 11.6 Å². The fraction of sp³-hybridized carbons (Fsp3) is 0.872. The molecular weight excluding hydrogens is 660 g/mol. The van der Waals surface area contributed by atoms with E-state index >= 15 is 0 Å². The van der Waals surface area contributed by atoms with E-state index in [0.29, 0.717) is 6.42 Å². The normalized spacial score (nSPS) is 45.9. The molecule has 1 aliphatic heterocycles. The number of carbonyl (C=O) groups is 3. The summed E-state index contributed by atoms with van der Waals surface area (Å²) in [5.41, 5.74) is -2.29. The molecule has 0 aromatic heterocycles. The van der Waals surface area contributed by atoms with Crippen LogP contribution in [-0.4, -0.2) is 104 Å². The number of ether oxygens (including phenoxy) is 4. The Labute approximate surface area is 301 Å². The summed E-state index contributed by atoms with van der Waals surface area (Å²) < 4.78 is 23.2. The van der Waals surface area contributed by atoms with Crippen molar-refractivity contribution in [3.8, 4) is 0 Å². The van der Waals surface area contributed by atoms with E-state index in [-0.39, 0.29) is 53.0 Å². The van der Waals surface area contributed by atoms with Crippen LogP contribution in [0.3, 0.4) is 0 Å². The maximum atomic E-state index is 14.3. The molecule has 6 aliphatic rings. The summed E-state index contributed by atoms with van der Waals surface area (Å²) in [6, 6.07) is 0. The zero-order chi connectivity index (χ0) is 37.9. The number of fused-ring (bicyclic) bond motifs is 2. The van der Waals surface area contributed by atoms with Gasteiger partial charge in [-0.15, -0.1) is 0 Å². The van der Waals surface area contributed by atoms with Crippen LogP contribution in [0.25, 0.3) is 0 Å². The minimum Gasteiger partial charge on any atom is -0.458 e. The lowest BCUT2D eigenvalue weighted by Gasteiger charge is -2.60. The lowest BCUT2D eigenvalue weighted by atomic mass is 9.44. The predicted octanol–water partition coefficient (Wildman–Crippen LogP) is 2.98. The van der Waals surface area contributed by atoms with E-state index < -0.39 is 77.2 Å². The molecule has 2 spiro atoms. The number of hydrogen-bond acceptors (Lipinski definition) is 12. The summed E-state index contributed by atoms with van der Waals surface area (Å²) in [6.07, 6.45) is -1.20. The Morgan fingerprint density at radius 1 is 1.00 bits per heavy atom. The van der Waals surface area contributed by atoms with E-state index in [4.69, 9.17) is 18.9 Å². The highest BCUT2D eigenvalue weighted by Gasteiger charge is 2.82. The van der Waals surface area contributed by atoms with Gasteiger partial charge in [0, 0.05) is 25.2 Å². The molecule has 5 N–H and O–H groups in total. The van der Waals surface area contributed by atoms with Gasteiger partial charge in [-0.25, -0.2) is 0 Å². The molecule has 5 aliphatic carbocycles. The van der Waals surface area contributed by atoms with Gasteiger partial charge in [-0.3, -0.25) is 14.4 Å². The highest BCUT2D eigenvalue weighted by molar-refractivity contribution is 5.91. The lowest BCUT2D eigenvalue weighted by molar-refractivity contribution is -0.300. The molecule has 12 heteroatoms. The quantitative estimate of drug-likeness (QED) is 0.173. The smallest absolute Gasteiger partial charge is 0.303 e. The third-order valence-electron chi connectivity index (χ3n) is 15.0. The molecule has 51 heavy (non-hydrogen) atoms. The van der Waals surface area contributed by atoms with Crippen molar-refractivity contribution in [2.45, 2.75) is 162 Å². The molecular formula is C39H60O12. The van der Waals surface area contributed by atoms with E-state index in [1.807, 2.05) is 6.92 Å². The van der Waals surface area contributed by atoms with Crippen molar-refractivity contribution in [1.29, 1.82) is 0 Å². The number of rotatable bonds is 9. The van der Waals surface area contributed by atoms with E-state index in [2.05, 4.69) is 33.8 Å². The number of allylic oxidation sites excluding steroid dienone is 1. The Morgan fingerprint density at radius 2 is 1.65 bits per heavy atom. The summed E-state index contributed by atoms with van der Waals surface area (Å²) in [4.78, 5) is 38.6. The molecule has 1 saturated heterocycles. The minimum atomic E-state index is -1.53. The van der Waals surface area contributed by atoms with E-state index in [9.17, 15) is 39.9 Å². The van der Waals surface area contributed by atoms with Crippen molar-refractivity contribution in [3.05, 3.63) is 11.6 Å². The molecule has 0 bridgehead atoms. The molecule has 0 amide bonds. The van der Waals surface area contributed by atoms with Crippen LogP contribution in [0.4, 0.5) is 0 Å². The van der Waals surface area contributed by atoms with Gasteiger partial charge in [0.05, 0.1) is 18.3 Å². The second-order valence-corrected chi connectivity index (χ2v) is 18.5. The molecule has 0 aromatic carbocycles. The van der Waals surface area contributed by atoms with Gasteiger partial charge in [-0.2, -0.15) is 0 Å². The van der Waals surface area contributed by atoms with E-state index in [1.54, 1.807) is 0 Å². The molecule has 0 radical (unpaired) electrons. The van der Waals surface area contributed by atoms with Crippen LogP contribution in [0, 0.1) is 44.8 Å². The molecule has 1 unspecified atom stereocenters. The van der Waals surface area contributed by atoms with Crippen molar-refractivity contribution in [2.24, 2.45) is 44.8 Å². The summed E-state index contributed by atoms with van der Waals surface area (Å²) in [6.45, 7) is 15.8. The number of aliphatic hydroxyl groups is 5. The standard InChI is InChI=1S/C39H60O12/c1-19(16-23(49-20(2)40)32(35(6,7)47)50-21(3)41)27-29(44)31(46)37(9)25-11-10-24-34(4,5)26(51-33-30(45)28(43)22(42)17-48-33)12-13-38(24)18-39(25,38)15-14-36(27,37)8/h11,19,22-24,26-28,30-33,42-43,45-47H,10,12-18H2,1-9H3/t19-,22-,23-,24?,26+,27+,28+,30-,31+,32+,33+,36-,37-,38-,39+/m1/s1. The molecule has 15 atom stereocenters. The van der Waals surface area contributed by atoms with Crippen LogP contribution in [-0.2, 0) is 33.3 Å². The number of Topliss-reactive ketones (excluding diaryl/α,β-unsaturated/α-hetero) is 1. The second kappa shape index (κ2) is 12.6. The molecule has 6 rings (SSSR count).